The van der Waals surface area contributed by atoms with E-state index in [4.69, 9.17) is 9.47 Å². The van der Waals surface area contributed by atoms with Gasteiger partial charge in [0.05, 0.1) is 20.3 Å². The summed E-state index contributed by atoms with van der Waals surface area (Å²) in [7, 11) is 3.29. The molecule has 1 aromatic carbocycles. The Kier molecular flexibility index (Phi) is 3.16. The summed E-state index contributed by atoms with van der Waals surface area (Å²) in [6.07, 6.45) is 3.26. The molecule has 3 rings (SSSR count). The lowest BCUT2D eigenvalue weighted by Gasteiger charge is -2.41. The first-order chi connectivity index (χ1) is 9.63. The van der Waals surface area contributed by atoms with Crippen molar-refractivity contribution >= 4 is 5.78 Å². The SMILES string of the molecule is COc1cc2c(cc1OC)[C@H]1CC(=O)C=C(C)N1CC2. The Morgan fingerprint density at radius 2 is 1.90 bits per heavy atom. The lowest BCUT2D eigenvalue weighted by molar-refractivity contribution is -0.116. The van der Waals surface area contributed by atoms with Crippen LogP contribution in [0.15, 0.2) is 23.9 Å². The van der Waals surface area contributed by atoms with Crippen LogP contribution in [0.5, 0.6) is 11.5 Å². The molecule has 4 nitrogen and oxygen atoms in total. The fourth-order valence-corrected chi connectivity index (χ4v) is 3.24. The molecule has 0 aromatic heterocycles. The Labute approximate surface area is 119 Å². The van der Waals surface area contributed by atoms with Crippen molar-refractivity contribution in [3.8, 4) is 11.5 Å². The minimum Gasteiger partial charge on any atom is -0.493 e. The first kappa shape index (κ1) is 13.0. The molecular weight excluding hydrogens is 254 g/mol. The molecular formula is C16H19NO3. The Morgan fingerprint density at radius 1 is 1.20 bits per heavy atom. The van der Waals surface area contributed by atoms with Crippen LogP contribution in [0.3, 0.4) is 0 Å². The van der Waals surface area contributed by atoms with Crippen LogP contribution in [-0.2, 0) is 11.2 Å². The molecule has 0 unspecified atom stereocenters. The third-order valence-corrected chi connectivity index (χ3v) is 4.22. The lowest BCUT2D eigenvalue weighted by Crippen LogP contribution is -2.38. The molecule has 0 aliphatic carbocycles. The molecule has 106 valence electrons. The van der Waals surface area contributed by atoms with Gasteiger partial charge in [-0.25, -0.2) is 0 Å². The second kappa shape index (κ2) is 4.85. The number of fused-ring (bicyclic) bond motifs is 3. The summed E-state index contributed by atoms with van der Waals surface area (Å²) in [6, 6.07) is 4.21. The minimum absolute atomic E-state index is 0.135. The van der Waals surface area contributed by atoms with E-state index >= 15 is 0 Å². The van der Waals surface area contributed by atoms with Gasteiger partial charge in [-0.05, 0) is 36.6 Å². The van der Waals surface area contributed by atoms with E-state index < -0.39 is 0 Å². The number of methoxy groups -OCH3 is 2. The van der Waals surface area contributed by atoms with Crippen molar-refractivity contribution in [3.63, 3.8) is 0 Å². The quantitative estimate of drug-likeness (QED) is 0.830. The van der Waals surface area contributed by atoms with Gasteiger partial charge in [-0.15, -0.1) is 0 Å². The van der Waals surface area contributed by atoms with Gasteiger partial charge in [0.15, 0.2) is 17.3 Å². The van der Waals surface area contributed by atoms with Crippen LogP contribution in [0.4, 0.5) is 0 Å². The van der Waals surface area contributed by atoms with E-state index in [9.17, 15) is 4.79 Å². The third-order valence-electron chi connectivity index (χ3n) is 4.22. The Bertz CT molecular complexity index is 592. The lowest BCUT2D eigenvalue weighted by atomic mass is 9.86. The van der Waals surface area contributed by atoms with Crippen LogP contribution in [-0.4, -0.2) is 31.4 Å². The molecule has 0 radical (unpaired) electrons. The molecule has 2 heterocycles. The fourth-order valence-electron chi connectivity index (χ4n) is 3.24. The van der Waals surface area contributed by atoms with Gasteiger partial charge in [0.25, 0.3) is 0 Å². The van der Waals surface area contributed by atoms with E-state index in [0.29, 0.717) is 6.42 Å². The van der Waals surface area contributed by atoms with Crippen molar-refractivity contribution in [2.24, 2.45) is 0 Å². The van der Waals surface area contributed by atoms with Crippen molar-refractivity contribution < 1.29 is 14.3 Å². The van der Waals surface area contributed by atoms with E-state index in [0.717, 1.165) is 30.2 Å². The zero-order chi connectivity index (χ0) is 14.3. The van der Waals surface area contributed by atoms with Gasteiger partial charge in [0.1, 0.15) is 0 Å². The number of hydrogen-bond donors (Lipinski definition) is 0. The number of rotatable bonds is 2. The molecule has 1 atom stereocenters. The summed E-state index contributed by atoms with van der Waals surface area (Å²) in [5.74, 6) is 1.69. The summed E-state index contributed by atoms with van der Waals surface area (Å²) in [6.45, 7) is 2.96. The molecule has 4 heteroatoms. The number of allylic oxidation sites excluding steroid dienone is 2. The number of nitrogens with zero attached hydrogens (tertiary/aromatic N) is 1. The van der Waals surface area contributed by atoms with Crippen LogP contribution in [0, 0.1) is 0 Å². The molecule has 0 amide bonds. The van der Waals surface area contributed by atoms with E-state index in [1.54, 1.807) is 20.3 Å². The Morgan fingerprint density at radius 3 is 2.60 bits per heavy atom. The van der Waals surface area contributed by atoms with Crippen molar-refractivity contribution in [3.05, 3.63) is 35.0 Å². The summed E-state index contributed by atoms with van der Waals surface area (Å²) >= 11 is 0. The van der Waals surface area contributed by atoms with Gasteiger partial charge in [-0.1, -0.05) is 0 Å². The highest BCUT2D eigenvalue weighted by Gasteiger charge is 2.33. The molecule has 0 saturated heterocycles. The second-order valence-electron chi connectivity index (χ2n) is 5.32. The van der Waals surface area contributed by atoms with Crippen LogP contribution in [0.2, 0.25) is 0 Å². The normalized spacial score (nSPS) is 20.9. The van der Waals surface area contributed by atoms with Crippen molar-refractivity contribution in [1.29, 1.82) is 0 Å². The predicted molar refractivity (Wildman–Crippen MR) is 76.1 cm³/mol. The summed E-state index contributed by atoms with van der Waals surface area (Å²) in [5, 5.41) is 0. The maximum atomic E-state index is 11.9. The maximum absolute atomic E-state index is 11.9. The zero-order valence-electron chi connectivity index (χ0n) is 12.1. The van der Waals surface area contributed by atoms with Crippen LogP contribution < -0.4 is 9.47 Å². The number of ether oxygens (including phenoxy) is 2. The second-order valence-corrected chi connectivity index (χ2v) is 5.32. The minimum atomic E-state index is 0.135. The molecule has 2 aliphatic heterocycles. The summed E-state index contributed by atoms with van der Waals surface area (Å²) in [5.41, 5.74) is 3.51. The molecule has 2 aliphatic rings. The average molecular weight is 273 g/mol. The maximum Gasteiger partial charge on any atom is 0.161 e. The predicted octanol–water partition coefficient (Wildman–Crippen LogP) is 2.48. The highest BCUT2D eigenvalue weighted by Crippen LogP contribution is 2.42. The monoisotopic (exact) mass is 273 g/mol. The standard InChI is InChI=1S/C16H19NO3/c1-10-6-12(18)8-14-13-9-16(20-3)15(19-2)7-11(13)4-5-17(10)14/h6-7,9,14H,4-5,8H2,1-3H3/t14-/m1/s1. The highest BCUT2D eigenvalue weighted by atomic mass is 16.5. The number of carbonyl (C=O) groups is 1. The molecule has 0 fully saturated rings. The fraction of sp³-hybridized carbons (Fsp3) is 0.438. The number of benzene rings is 1. The zero-order valence-corrected chi connectivity index (χ0v) is 12.1. The smallest absolute Gasteiger partial charge is 0.161 e. The van der Waals surface area contributed by atoms with E-state index in [1.165, 1.54) is 11.1 Å². The van der Waals surface area contributed by atoms with Gasteiger partial charge in [-0.3, -0.25) is 4.79 Å². The van der Waals surface area contributed by atoms with Gasteiger partial charge in [0.2, 0.25) is 0 Å². The van der Waals surface area contributed by atoms with Crippen LogP contribution >= 0.6 is 0 Å². The molecule has 0 N–H and O–H groups in total. The Hall–Kier alpha value is -1.97. The van der Waals surface area contributed by atoms with Gasteiger partial charge in [-0.2, -0.15) is 0 Å². The van der Waals surface area contributed by atoms with Crippen LogP contribution in [0.25, 0.3) is 0 Å². The first-order valence-corrected chi connectivity index (χ1v) is 6.86. The number of carbonyl (C=O) groups excluding carboxylic acids is 1. The van der Waals surface area contributed by atoms with Crippen LogP contribution in [0.1, 0.15) is 30.5 Å². The van der Waals surface area contributed by atoms with E-state index in [1.807, 2.05) is 19.1 Å². The van der Waals surface area contributed by atoms with Crippen molar-refractivity contribution in [1.82, 2.24) is 4.90 Å². The van der Waals surface area contributed by atoms with Crippen molar-refractivity contribution in [2.45, 2.75) is 25.8 Å². The summed E-state index contributed by atoms with van der Waals surface area (Å²) in [4.78, 5) is 14.2. The highest BCUT2D eigenvalue weighted by molar-refractivity contribution is 5.91. The third kappa shape index (κ3) is 1.96. The molecule has 1 aromatic rings. The number of hydrogen-bond acceptors (Lipinski definition) is 4. The largest absolute Gasteiger partial charge is 0.493 e. The van der Waals surface area contributed by atoms with E-state index in [2.05, 4.69) is 4.90 Å². The molecule has 20 heavy (non-hydrogen) atoms. The Balaban J connectivity index is 2.08. The van der Waals surface area contributed by atoms with E-state index in [-0.39, 0.29) is 11.8 Å². The average Bonchev–Trinajstić information content (AvgIpc) is 2.45. The molecule has 0 bridgehead atoms. The number of ketones is 1. The first-order valence-electron chi connectivity index (χ1n) is 6.86. The summed E-state index contributed by atoms with van der Waals surface area (Å²) < 4.78 is 10.8. The van der Waals surface area contributed by atoms with Gasteiger partial charge < -0.3 is 14.4 Å². The molecule has 0 saturated carbocycles. The topological polar surface area (TPSA) is 38.8 Å². The van der Waals surface area contributed by atoms with Gasteiger partial charge >= 0.3 is 0 Å². The van der Waals surface area contributed by atoms with Crippen molar-refractivity contribution in [2.75, 3.05) is 20.8 Å². The van der Waals surface area contributed by atoms with Gasteiger partial charge in [0, 0.05) is 24.7 Å². The molecule has 0 spiro atoms.